The van der Waals surface area contributed by atoms with Gasteiger partial charge in [0, 0.05) is 19.2 Å². The van der Waals surface area contributed by atoms with Gasteiger partial charge in [-0.25, -0.2) is 4.79 Å². The zero-order valence-corrected chi connectivity index (χ0v) is 15.4. The van der Waals surface area contributed by atoms with Crippen LogP contribution in [0.3, 0.4) is 0 Å². The van der Waals surface area contributed by atoms with Crippen LogP contribution in [-0.4, -0.2) is 42.1 Å². The van der Waals surface area contributed by atoms with Crippen LogP contribution in [0.1, 0.15) is 45.6 Å². The Morgan fingerprint density at radius 2 is 1.84 bits per heavy atom. The Hall–Kier alpha value is -1.88. The fraction of sp³-hybridized carbons (Fsp3) is 0.600. The van der Waals surface area contributed by atoms with Crippen molar-refractivity contribution in [3.63, 3.8) is 0 Å². The maximum atomic E-state index is 12.5. The Labute approximate surface area is 150 Å². The number of benzene rings is 1. The normalized spacial score (nSPS) is 15.0. The van der Waals surface area contributed by atoms with E-state index in [-0.39, 0.29) is 18.6 Å². The summed E-state index contributed by atoms with van der Waals surface area (Å²) in [7, 11) is 0. The number of rotatable bonds is 10. The van der Waals surface area contributed by atoms with Gasteiger partial charge >= 0.3 is 5.97 Å². The minimum atomic E-state index is -0.643. The van der Waals surface area contributed by atoms with E-state index in [0.29, 0.717) is 19.1 Å². The van der Waals surface area contributed by atoms with Crippen molar-refractivity contribution in [1.29, 1.82) is 0 Å². The summed E-state index contributed by atoms with van der Waals surface area (Å²) >= 11 is 0. The number of ether oxygens (including phenoxy) is 2. The van der Waals surface area contributed by atoms with Crippen molar-refractivity contribution in [2.24, 2.45) is 5.92 Å². The third-order valence-electron chi connectivity index (χ3n) is 4.24. The van der Waals surface area contributed by atoms with Gasteiger partial charge in [0.05, 0.1) is 0 Å². The second-order valence-electron chi connectivity index (χ2n) is 7.04. The summed E-state index contributed by atoms with van der Waals surface area (Å²) in [5, 5.41) is 0. The van der Waals surface area contributed by atoms with Gasteiger partial charge in [-0.15, -0.1) is 0 Å². The van der Waals surface area contributed by atoms with Crippen molar-refractivity contribution < 1.29 is 19.1 Å². The quantitative estimate of drug-likeness (QED) is 0.610. The molecule has 0 heterocycles. The van der Waals surface area contributed by atoms with Crippen LogP contribution in [0.25, 0.3) is 0 Å². The van der Waals surface area contributed by atoms with E-state index in [0.717, 1.165) is 24.8 Å². The van der Waals surface area contributed by atoms with Crippen LogP contribution in [-0.2, 0) is 25.6 Å². The van der Waals surface area contributed by atoms with Gasteiger partial charge in [0.1, 0.15) is 0 Å². The Bertz CT molecular complexity index is 554. The molecule has 25 heavy (non-hydrogen) atoms. The maximum absolute atomic E-state index is 12.5. The first-order valence-electron chi connectivity index (χ1n) is 9.09. The lowest BCUT2D eigenvalue weighted by Crippen LogP contribution is -2.37. The monoisotopic (exact) mass is 347 g/mol. The topological polar surface area (TPSA) is 55.8 Å². The molecule has 0 N–H and O–H groups in total. The molecular weight excluding hydrogens is 318 g/mol. The first-order valence-corrected chi connectivity index (χ1v) is 9.09. The predicted molar refractivity (Wildman–Crippen MR) is 95.8 cm³/mol. The number of carbonyl (C=O) groups is 2. The van der Waals surface area contributed by atoms with Crippen molar-refractivity contribution in [1.82, 2.24) is 4.90 Å². The van der Waals surface area contributed by atoms with Gasteiger partial charge in [0.2, 0.25) is 0 Å². The van der Waals surface area contributed by atoms with Gasteiger partial charge in [-0.05, 0) is 37.7 Å². The average molecular weight is 347 g/mol. The molecule has 1 aliphatic carbocycles. The van der Waals surface area contributed by atoms with Crippen LogP contribution in [0.2, 0.25) is 0 Å². The van der Waals surface area contributed by atoms with E-state index in [1.165, 1.54) is 0 Å². The van der Waals surface area contributed by atoms with E-state index in [9.17, 15) is 9.59 Å². The van der Waals surface area contributed by atoms with Gasteiger partial charge in [-0.1, -0.05) is 44.2 Å². The van der Waals surface area contributed by atoms with Crippen LogP contribution in [0, 0.1) is 5.92 Å². The second-order valence-corrected chi connectivity index (χ2v) is 7.04. The second kappa shape index (κ2) is 9.56. The minimum Gasteiger partial charge on any atom is -0.454 e. The molecule has 5 heteroatoms. The first-order chi connectivity index (χ1) is 12.0. The summed E-state index contributed by atoms with van der Waals surface area (Å²) in [6, 6.07) is 10.1. The molecule has 0 bridgehead atoms. The maximum Gasteiger partial charge on any atom is 0.335 e. The Balaban J connectivity index is 1.77. The smallest absolute Gasteiger partial charge is 0.335 e. The first kappa shape index (κ1) is 19.4. The summed E-state index contributed by atoms with van der Waals surface area (Å²) in [6.07, 6.45) is 2.28. The predicted octanol–water partition coefficient (Wildman–Crippen LogP) is 3.17. The molecule has 0 radical (unpaired) electrons. The van der Waals surface area contributed by atoms with Gasteiger partial charge in [0.25, 0.3) is 5.91 Å². The molecular formula is C20H29NO4. The molecule has 1 aliphatic rings. The van der Waals surface area contributed by atoms with E-state index in [4.69, 9.17) is 9.47 Å². The van der Waals surface area contributed by atoms with Crippen molar-refractivity contribution in [2.45, 2.75) is 58.7 Å². The van der Waals surface area contributed by atoms with Gasteiger partial charge in [0.15, 0.2) is 12.7 Å². The molecule has 0 saturated heterocycles. The Morgan fingerprint density at radius 1 is 1.16 bits per heavy atom. The van der Waals surface area contributed by atoms with E-state index in [1.54, 1.807) is 6.92 Å². The molecule has 5 nitrogen and oxygen atoms in total. The number of esters is 1. The lowest BCUT2D eigenvalue weighted by molar-refractivity contribution is -0.161. The van der Waals surface area contributed by atoms with E-state index >= 15 is 0 Å². The van der Waals surface area contributed by atoms with Crippen LogP contribution in [0.5, 0.6) is 0 Å². The molecule has 0 aromatic heterocycles. The summed E-state index contributed by atoms with van der Waals surface area (Å²) in [6.45, 7) is 6.72. The highest BCUT2D eigenvalue weighted by Crippen LogP contribution is 2.28. The van der Waals surface area contributed by atoms with Gasteiger partial charge in [-0.2, -0.15) is 0 Å². The molecule has 1 saturated carbocycles. The zero-order valence-electron chi connectivity index (χ0n) is 15.4. The molecule has 1 atom stereocenters. The molecule has 1 unspecified atom stereocenters. The van der Waals surface area contributed by atoms with Crippen molar-refractivity contribution >= 4 is 11.9 Å². The highest BCUT2D eigenvalue weighted by molar-refractivity contribution is 5.82. The number of nitrogens with zero attached hydrogens (tertiary/aromatic N) is 1. The van der Waals surface area contributed by atoms with Crippen LogP contribution in [0.15, 0.2) is 30.3 Å². The minimum absolute atomic E-state index is 0.144. The Morgan fingerprint density at radius 3 is 2.44 bits per heavy atom. The lowest BCUT2D eigenvalue weighted by Gasteiger charge is -2.23. The van der Waals surface area contributed by atoms with Crippen LogP contribution in [0.4, 0.5) is 0 Å². The summed E-state index contributed by atoms with van der Waals surface area (Å²) < 4.78 is 10.6. The molecule has 1 aromatic rings. The highest BCUT2D eigenvalue weighted by Gasteiger charge is 2.33. The van der Waals surface area contributed by atoms with Gasteiger partial charge < -0.3 is 14.4 Å². The molecule has 1 amide bonds. The van der Waals surface area contributed by atoms with Crippen molar-refractivity contribution in [3.8, 4) is 0 Å². The largest absolute Gasteiger partial charge is 0.454 e. The number of carbonyl (C=O) groups excluding carboxylic acids is 2. The third kappa shape index (κ3) is 6.86. The Kier molecular flexibility index (Phi) is 7.44. The van der Waals surface area contributed by atoms with E-state index < -0.39 is 12.1 Å². The average Bonchev–Trinajstić information content (AvgIpc) is 3.42. The summed E-state index contributed by atoms with van der Waals surface area (Å²) in [4.78, 5) is 26.3. The molecule has 1 fully saturated rings. The number of hydrogen-bond acceptors (Lipinski definition) is 4. The third-order valence-corrected chi connectivity index (χ3v) is 4.24. The van der Waals surface area contributed by atoms with E-state index in [1.807, 2.05) is 35.2 Å². The zero-order chi connectivity index (χ0) is 18.2. The highest BCUT2D eigenvalue weighted by atomic mass is 16.6. The fourth-order valence-corrected chi connectivity index (χ4v) is 2.47. The van der Waals surface area contributed by atoms with E-state index in [2.05, 4.69) is 13.8 Å². The number of amides is 1. The van der Waals surface area contributed by atoms with Crippen LogP contribution >= 0.6 is 0 Å². The molecule has 0 aliphatic heterocycles. The van der Waals surface area contributed by atoms with Gasteiger partial charge in [-0.3, -0.25) is 4.79 Å². The molecule has 138 valence electrons. The summed E-state index contributed by atoms with van der Waals surface area (Å²) in [5.74, 6) is -0.100. The standard InChI is InChI=1S/C20H29NO4/c1-15(2)11-12-24-16(3)20(23)25-14-19(22)21(18-9-10-18)13-17-7-5-4-6-8-17/h4-8,15-16,18H,9-14H2,1-3H3. The lowest BCUT2D eigenvalue weighted by atomic mass is 10.1. The number of hydrogen-bond donors (Lipinski definition) is 0. The summed E-state index contributed by atoms with van der Waals surface area (Å²) in [5.41, 5.74) is 1.08. The van der Waals surface area contributed by atoms with Crippen molar-refractivity contribution in [2.75, 3.05) is 13.2 Å². The SMILES string of the molecule is CC(C)CCOC(C)C(=O)OCC(=O)N(Cc1ccccc1)C1CC1. The molecule has 0 spiro atoms. The van der Waals surface area contributed by atoms with Crippen LogP contribution < -0.4 is 0 Å². The fourth-order valence-electron chi connectivity index (χ4n) is 2.47. The molecule has 1 aromatic carbocycles. The van der Waals surface area contributed by atoms with Crippen molar-refractivity contribution in [3.05, 3.63) is 35.9 Å². The molecule has 2 rings (SSSR count).